The van der Waals surface area contributed by atoms with Crippen molar-refractivity contribution in [3.63, 3.8) is 0 Å². The third-order valence-electron chi connectivity index (χ3n) is 3.55. The number of phosphoric ester groups is 1. The monoisotopic (exact) mass is 372 g/mol. The lowest BCUT2D eigenvalue weighted by atomic mass is 10.0. The summed E-state index contributed by atoms with van der Waals surface area (Å²) in [6.45, 7) is 1.95. The summed E-state index contributed by atoms with van der Waals surface area (Å²) < 4.78 is 21.5. The Bertz CT molecular complexity index is 979. The van der Waals surface area contributed by atoms with E-state index in [4.69, 9.17) is 14.5 Å². The molecule has 0 amide bonds. The standard InChI is InChI=1S/C19H17O6P/c1-13-8-9-19(18(10-13)14-4-2-5-15(20)11-14)24-16-6-3-7-17(12-16)25-26(21,22)23/h2-12,20H,1H3,(H2,21,22,23). The summed E-state index contributed by atoms with van der Waals surface area (Å²) in [5, 5.41) is 9.74. The van der Waals surface area contributed by atoms with Crippen molar-refractivity contribution in [3.8, 4) is 34.1 Å². The highest BCUT2D eigenvalue weighted by molar-refractivity contribution is 7.46. The van der Waals surface area contributed by atoms with Gasteiger partial charge in [0.2, 0.25) is 0 Å². The minimum Gasteiger partial charge on any atom is -0.508 e. The molecule has 3 aromatic carbocycles. The number of ether oxygens (including phenoxy) is 1. The van der Waals surface area contributed by atoms with E-state index in [-0.39, 0.29) is 11.5 Å². The Morgan fingerprint density at radius 2 is 1.62 bits per heavy atom. The largest absolute Gasteiger partial charge is 0.524 e. The average molecular weight is 372 g/mol. The van der Waals surface area contributed by atoms with E-state index in [0.717, 1.165) is 16.7 Å². The summed E-state index contributed by atoms with van der Waals surface area (Å²) in [7, 11) is -4.64. The normalized spacial score (nSPS) is 11.2. The molecule has 3 rings (SSSR count). The van der Waals surface area contributed by atoms with Crippen LogP contribution in [-0.4, -0.2) is 14.9 Å². The molecule has 7 heteroatoms. The molecular formula is C19H17O6P. The van der Waals surface area contributed by atoms with Gasteiger partial charge in [-0.3, -0.25) is 9.79 Å². The average Bonchev–Trinajstić information content (AvgIpc) is 2.55. The van der Waals surface area contributed by atoms with Crippen molar-refractivity contribution in [2.45, 2.75) is 6.92 Å². The zero-order valence-corrected chi connectivity index (χ0v) is 14.8. The lowest BCUT2D eigenvalue weighted by Gasteiger charge is -2.14. The van der Waals surface area contributed by atoms with Gasteiger partial charge in [0, 0.05) is 11.6 Å². The summed E-state index contributed by atoms with van der Waals surface area (Å²) in [5.74, 6) is 1.05. The van der Waals surface area contributed by atoms with Gasteiger partial charge in [0.1, 0.15) is 23.0 Å². The molecule has 3 aromatic rings. The van der Waals surface area contributed by atoms with E-state index in [0.29, 0.717) is 11.5 Å². The predicted molar refractivity (Wildman–Crippen MR) is 97.5 cm³/mol. The van der Waals surface area contributed by atoms with Crippen LogP contribution >= 0.6 is 7.82 Å². The fourth-order valence-corrected chi connectivity index (χ4v) is 2.88. The number of benzene rings is 3. The number of phosphoric acid groups is 1. The molecule has 0 saturated carbocycles. The number of aromatic hydroxyl groups is 1. The van der Waals surface area contributed by atoms with Crippen molar-refractivity contribution in [1.29, 1.82) is 0 Å². The number of phenols is 1. The Hall–Kier alpha value is -2.79. The van der Waals surface area contributed by atoms with E-state index >= 15 is 0 Å². The molecule has 6 nitrogen and oxygen atoms in total. The minimum atomic E-state index is -4.64. The maximum atomic E-state index is 11.0. The number of phenolic OH excluding ortho intramolecular Hbond substituents is 1. The lowest BCUT2D eigenvalue weighted by Crippen LogP contribution is -1.92. The molecule has 26 heavy (non-hydrogen) atoms. The SMILES string of the molecule is Cc1ccc(Oc2cccc(OP(=O)(O)O)c2)c(-c2cccc(O)c2)c1. The topological polar surface area (TPSA) is 96.2 Å². The summed E-state index contributed by atoms with van der Waals surface area (Å²) in [5.41, 5.74) is 2.59. The highest BCUT2D eigenvalue weighted by atomic mass is 31.2. The fourth-order valence-electron chi connectivity index (χ4n) is 2.49. The first-order valence-electron chi connectivity index (χ1n) is 7.73. The van der Waals surface area contributed by atoms with Gasteiger partial charge in [0.15, 0.2) is 0 Å². The number of hydrogen-bond donors (Lipinski definition) is 3. The Morgan fingerprint density at radius 1 is 0.885 bits per heavy atom. The van der Waals surface area contributed by atoms with Crippen LogP contribution in [0.15, 0.2) is 66.7 Å². The zero-order valence-electron chi connectivity index (χ0n) is 13.9. The van der Waals surface area contributed by atoms with E-state index in [1.807, 2.05) is 25.1 Å². The van der Waals surface area contributed by atoms with E-state index in [1.54, 1.807) is 36.4 Å². The lowest BCUT2D eigenvalue weighted by molar-refractivity contribution is 0.283. The molecule has 0 radical (unpaired) electrons. The summed E-state index contributed by atoms with van der Waals surface area (Å²) in [6, 6.07) is 18.5. The second-order valence-electron chi connectivity index (χ2n) is 5.71. The molecule has 134 valence electrons. The molecule has 0 atom stereocenters. The Morgan fingerprint density at radius 3 is 2.35 bits per heavy atom. The molecule has 3 N–H and O–H groups in total. The molecule has 0 spiro atoms. The Kier molecular flexibility index (Phi) is 5.00. The van der Waals surface area contributed by atoms with Gasteiger partial charge in [-0.1, -0.05) is 29.8 Å². The van der Waals surface area contributed by atoms with Crippen LogP contribution in [0.4, 0.5) is 0 Å². The molecule has 0 fully saturated rings. The highest BCUT2D eigenvalue weighted by Gasteiger charge is 2.16. The first-order valence-corrected chi connectivity index (χ1v) is 9.26. The van der Waals surface area contributed by atoms with Gasteiger partial charge in [-0.05, 0) is 48.9 Å². The molecule has 0 bridgehead atoms. The zero-order chi connectivity index (χ0) is 18.7. The molecule has 0 aliphatic heterocycles. The molecule has 0 aromatic heterocycles. The smallest absolute Gasteiger partial charge is 0.508 e. The number of hydrogen-bond acceptors (Lipinski definition) is 4. The molecule has 0 heterocycles. The molecule has 0 aliphatic rings. The van der Waals surface area contributed by atoms with Gasteiger partial charge in [0.25, 0.3) is 0 Å². The van der Waals surface area contributed by atoms with Crippen LogP contribution in [0.1, 0.15) is 5.56 Å². The summed E-state index contributed by atoms with van der Waals surface area (Å²) in [6.07, 6.45) is 0. The van der Waals surface area contributed by atoms with Crippen LogP contribution in [0, 0.1) is 6.92 Å². The molecular weight excluding hydrogens is 355 g/mol. The van der Waals surface area contributed by atoms with E-state index in [1.165, 1.54) is 12.1 Å². The third-order valence-corrected chi connectivity index (χ3v) is 4.00. The van der Waals surface area contributed by atoms with Gasteiger partial charge in [-0.25, -0.2) is 4.57 Å². The Labute approximate surface area is 150 Å². The van der Waals surface area contributed by atoms with E-state index < -0.39 is 7.82 Å². The van der Waals surface area contributed by atoms with E-state index in [2.05, 4.69) is 4.52 Å². The van der Waals surface area contributed by atoms with Crippen LogP contribution in [-0.2, 0) is 4.57 Å². The van der Waals surface area contributed by atoms with Gasteiger partial charge in [-0.2, -0.15) is 0 Å². The molecule has 0 saturated heterocycles. The second kappa shape index (κ2) is 7.22. The van der Waals surface area contributed by atoms with Crippen molar-refractivity contribution in [3.05, 3.63) is 72.3 Å². The second-order valence-corrected chi connectivity index (χ2v) is 6.87. The van der Waals surface area contributed by atoms with Crippen LogP contribution in [0.25, 0.3) is 11.1 Å². The van der Waals surface area contributed by atoms with Crippen molar-refractivity contribution in [2.75, 3.05) is 0 Å². The van der Waals surface area contributed by atoms with Gasteiger partial charge in [-0.15, -0.1) is 0 Å². The first kappa shape index (κ1) is 18.0. The van der Waals surface area contributed by atoms with Crippen LogP contribution in [0.5, 0.6) is 23.0 Å². The van der Waals surface area contributed by atoms with Crippen molar-refractivity contribution in [1.82, 2.24) is 0 Å². The van der Waals surface area contributed by atoms with Gasteiger partial charge >= 0.3 is 7.82 Å². The van der Waals surface area contributed by atoms with Gasteiger partial charge in [0.05, 0.1) is 0 Å². The molecule has 0 unspecified atom stereocenters. The van der Waals surface area contributed by atoms with Crippen molar-refractivity contribution >= 4 is 7.82 Å². The van der Waals surface area contributed by atoms with Crippen molar-refractivity contribution < 1.29 is 28.7 Å². The Balaban J connectivity index is 1.96. The summed E-state index contributed by atoms with van der Waals surface area (Å²) in [4.78, 5) is 17.9. The van der Waals surface area contributed by atoms with Crippen LogP contribution in [0.2, 0.25) is 0 Å². The first-order chi connectivity index (χ1) is 12.3. The van der Waals surface area contributed by atoms with Crippen LogP contribution < -0.4 is 9.26 Å². The quantitative estimate of drug-likeness (QED) is 0.565. The van der Waals surface area contributed by atoms with E-state index in [9.17, 15) is 9.67 Å². The molecule has 0 aliphatic carbocycles. The van der Waals surface area contributed by atoms with Gasteiger partial charge < -0.3 is 14.4 Å². The maximum Gasteiger partial charge on any atom is 0.524 e. The summed E-state index contributed by atoms with van der Waals surface area (Å²) >= 11 is 0. The fraction of sp³-hybridized carbons (Fsp3) is 0.0526. The third kappa shape index (κ3) is 4.64. The van der Waals surface area contributed by atoms with Crippen LogP contribution in [0.3, 0.4) is 0 Å². The highest BCUT2D eigenvalue weighted by Crippen LogP contribution is 2.40. The maximum absolute atomic E-state index is 11.0. The predicted octanol–water partition coefficient (Wildman–Crippen LogP) is 4.63. The number of aryl methyl sites for hydroxylation is 1. The van der Waals surface area contributed by atoms with Crippen molar-refractivity contribution in [2.24, 2.45) is 0 Å². The number of rotatable bonds is 5. The minimum absolute atomic E-state index is 0.00171.